The second-order valence-corrected chi connectivity index (χ2v) is 9.51. The van der Waals surface area contributed by atoms with Gasteiger partial charge in [0.15, 0.2) is 0 Å². The Morgan fingerprint density at radius 2 is 1.58 bits per heavy atom. The molecule has 3 nitrogen and oxygen atoms in total. The number of thiocarbonyl (C=S) groups is 1. The second kappa shape index (κ2) is 6.51. The largest absolute Gasteiger partial charge is 0.362 e. The molecular weight excluding hydrogens is 314 g/mol. The molecule has 24 heavy (non-hydrogen) atoms. The smallest absolute Gasteiger partial charge is 0.0797 e. The molecule has 5 atom stereocenters. The van der Waals surface area contributed by atoms with Gasteiger partial charge in [0.25, 0.3) is 0 Å². The third-order valence-corrected chi connectivity index (χ3v) is 8.22. The molecule has 0 aromatic heterocycles. The van der Waals surface area contributed by atoms with Crippen LogP contribution in [0.1, 0.15) is 57.8 Å². The van der Waals surface area contributed by atoms with Crippen molar-refractivity contribution in [3.05, 3.63) is 0 Å². The lowest BCUT2D eigenvalue weighted by molar-refractivity contribution is -0.0676. The average molecular weight is 348 g/mol. The Morgan fingerprint density at radius 1 is 0.833 bits per heavy atom. The maximum Gasteiger partial charge on any atom is 0.0797 e. The van der Waals surface area contributed by atoms with Gasteiger partial charge in [0, 0.05) is 31.1 Å². The molecule has 0 N–H and O–H groups in total. The number of rotatable bonds is 1. The van der Waals surface area contributed by atoms with Crippen molar-refractivity contribution in [3.8, 4) is 0 Å². The number of hydrogen-bond acceptors (Lipinski definition) is 3. The molecule has 5 rings (SSSR count). The van der Waals surface area contributed by atoms with E-state index in [-0.39, 0.29) is 0 Å². The van der Waals surface area contributed by atoms with Crippen LogP contribution in [0.15, 0.2) is 0 Å². The molecule has 4 heteroatoms. The van der Waals surface area contributed by atoms with Crippen molar-refractivity contribution in [1.29, 1.82) is 0 Å². The van der Waals surface area contributed by atoms with Crippen LogP contribution in [-0.2, 0) is 0 Å². The molecule has 0 aliphatic carbocycles. The van der Waals surface area contributed by atoms with Gasteiger partial charge >= 0.3 is 0 Å². The van der Waals surface area contributed by atoms with Crippen LogP contribution < -0.4 is 0 Å². The van der Waals surface area contributed by atoms with E-state index in [1.165, 1.54) is 95.5 Å². The van der Waals surface area contributed by atoms with Crippen molar-refractivity contribution >= 4 is 17.2 Å². The number of fused-ring (bicyclic) bond motifs is 2. The van der Waals surface area contributed by atoms with Crippen LogP contribution in [0.5, 0.6) is 0 Å². The predicted molar refractivity (Wildman–Crippen MR) is 102 cm³/mol. The Hall–Kier alpha value is -0.190. The van der Waals surface area contributed by atoms with Crippen LogP contribution >= 0.6 is 12.2 Å². The highest BCUT2D eigenvalue weighted by molar-refractivity contribution is 7.80. The predicted octanol–water partition coefficient (Wildman–Crippen LogP) is 3.14. The molecular formula is C20H33N3S. The Labute approximate surface area is 152 Å². The topological polar surface area (TPSA) is 9.72 Å². The quantitative estimate of drug-likeness (QED) is 0.674. The van der Waals surface area contributed by atoms with Gasteiger partial charge in [-0.05, 0) is 83.0 Å². The van der Waals surface area contributed by atoms with Crippen LogP contribution in [0.2, 0.25) is 0 Å². The molecule has 0 spiro atoms. The molecule has 0 saturated carbocycles. The maximum atomic E-state index is 5.98. The number of hydrogen-bond donors (Lipinski definition) is 0. The summed E-state index contributed by atoms with van der Waals surface area (Å²) in [6.45, 7) is 6.65. The summed E-state index contributed by atoms with van der Waals surface area (Å²) >= 11 is 5.98. The van der Waals surface area contributed by atoms with Crippen molar-refractivity contribution in [2.45, 2.75) is 75.9 Å². The molecule has 5 aliphatic heterocycles. The van der Waals surface area contributed by atoms with Gasteiger partial charge in [-0.25, -0.2) is 0 Å². The molecule has 0 amide bonds. The lowest BCUT2D eigenvalue weighted by Gasteiger charge is -2.60. The first-order chi connectivity index (χ1) is 11.8. The highest BCUT2D eigenvalue weighted by atomic mass is 32.1. The molecule has 4 unspecified atom stereocenters. The highest BCUT2D eigenvalue weighted by Gasteiger charge is 2.51. The van der Waals surface area contributed by atoms with Gasteiger partial charge in [-0.15, -0.1) is 0 Å². The van der Waals surface area contributed by atoms with Crippen LogP contribution in [-0.4, -0.2) is 70.5 Å². The molecule has 5 saturated heterocycles. The Kier molecular flexibility index (Phi) is 4.35. The van der Waals surface area contributed by atoms with Crippen molar-refractivity contribution in [3.63, 3.8) is 0 Å². The fourth-order valence-corrected chi connectivity index (χ4v) is 7.23. The molecule has 134 valence electrons. The first-order valence-electron chi connectivity index (χ1n) is 10.6. The Balaban J connectivity index is 1.39. The molecule has 5 fully saturated rings. The molecule has 5 heterocycles. The van der Waals surface area contributed by atoms with Gasteiger partial charge in [0.05, 0.1) is 4.99 Å². The summed E-state index contributed by atoms with van der Waals surface area (Å²) in [6.07, 6.45) is 12.5. The van der Waals surface area contributed by atoms with E-state index in [1.54, 1.807) is 0 Å². The third-order valence-electron chi connectivity index (χ3n) is 7.82. The van der Waals surface area contributed by atoms with E-state index in [9.17, 15) is 0 Å². The van der Waals surface area contributed by atoms with Crippen molar-refractivity contribution < 1.29 is 0 Å². The monoisotopic (exact) mass is 347 g/mol. The van der Waals surface area contributed by atoms with E-state index in [4.69, 9.17) is 12.2 Å². The van der Waals surface area contributed by atoms with Gasteiger partial charge in [0.2, 0.25) is 0 Å². The molecule has 0 aromatic carbocycles. The number of nitrogens with zero attached hydrogens (tertiary/aromatic N) is 3. The van der Waals surface area contributed by atoms with Gasteiger partial charge in [-0.1, -0.05) is 18.6 Å². The normalized spacial score (nSPS) is 44.1. The van der Waals surface area contributed by atoms with Gasteiger partial charge < -0.3 is 4.90 Å². The summed E-state index contributed by atoms with van der Waals surface area (Å²) in [6, 6.07) is 2.38. The van der Waals surface area contributed by atoms with Gasteiger partial charge in [0.1, 0.15) is 0 Å². The van der Waals surface area contributed by atoms with E-state index >= 15 is 0 Å². The summed E-state index contributed by atoms with van der Waals surface area (Å²) in [4.78, 5) is 9.69. The lowest BCUT2D eigenvalue weighted by atomic mass is 9.67. The SMILES string of the molecule is S=C1CC(N2CCCCC2)C[C@@H]2C3CCCN4CCCC(CN12)C34. The Bertz CT molecular complexity index is 487. The third kappa shape index (κ3) is 2.64. The zero-order chi connectivity index (χ0) is 16.1. The minimum Gasteiger partial charge on any atom is -0.362 e. The zero-order valence-electron chi connectivity index (χ0n) is 15.0. The van der Waals surface area contributed by atoms with Crippen molar-refractivity contribution in [2.24, 2.45) is 11.8 Å². The van der Waals surface area contributed by atoms with E-state index in [0.717, 1.165) is 30.0 Å². The fraction of sp³-hybridized carbons (Fsp3) is 0.950. The summed E-state index contributed by atoms with van der Waals surface area (Å²) in [5.41, 5.74) is 0. The summed E-state index contributed by atoms with van der Waals surface area (Å²) in [5.74, 6) is 1.79. The fourth-order valence-electron chi connectivity index (χ4n) is 6.83. The van der Waals surface area contributed by atoms with Crippen LogP contribution in [0, 0.1) is 11.8 Å². The van der Waals surface area contributed by atoms with Crippen LogP contribution in [0.25, 0.3) is 0 Å². The van der Waals surface area contributed by atoms with Crippen LogP contribution in [0.4, 0.5) is 0 Å². The zero-order valence-corrected chi connectivity index (χ0v) is 15.9. The maximum absolute atomic E-state index is 5.98. The van der Waals surface area contributed by atoms with Gasteiger partial charge in [-0.2, -0.15) is 0 Å². The van der Waals surface area contributed by atoms with Crippen LogP contribution in [0.3, 0.4) is 0 Å². The molecule has 0 bridgehead atoms. The standard InChI is InChI=1S/C20H33N3S/c24-19-13-16(21-8-2-1-3-9-21)12-18-17-7-5-11-22-10-4-6-15(20(17)22)14-23(18)19/h15-18,20H,1-14H2/t15?,16?,17?,18-,20?/m1/s1. The summed E-state index contributed by atoms with van der Waals surface area (Å²) in [5, 5.41) is 0. The molecule has 0 radical (unpaired) electrons. The Morgan fingerprint density at radius 3 is 2.42 bits per heavy atom. The van der Waals surface area contributed by atoms with E-state index in [2.05, 4.69) is 14.7 Å². The van der Waals surface area contributed by atoms with E-state index < -0.39 is 0 Å². The summed E-state index contributed by atoms with van der Waals surface area (Å²) < 4.78 is 0. The first-order valence-corrected chi connectivity index (χ1v) is 11.0. The number of piperidine rings is 5. The number of likely N-dealkylation sites (tertiary alicyclic amines) is 1. The molecule has 5 aliphatic rings. The van der Waals surface area contributed by atoms with E-state index in [1.807, 2.05) is 0 Å². The highest BCUT2D eigenvalue weighted by Crippen LogP contribution is 2.45. The first kappa shape index (κ1) is 16.0. The minimum absolute atomic E-state index is 0.745. The van der Waals surface area contributed by atoms with Crippen molar-refractivity contribution in [2.75, 3.05) is 32.7 Å². The van der Waals surface area contributed by atoms with E-state index in [0.29, 0.717) is 0 Å². The summed E-state index contributed by atoms with van der Waals surface area (Å²) in [7, 11) is 0. The molecule has 0 aromatic rings. The minimum atomic E-state index is 0.745. The van der Waals surface area contributed by atoms with Gasteiger partial charge in [-0.3, -0.25) is 9.80 Å². The van der Waals surface area contributed by atoms with Crippen molar-refractivity contribution in [1.82, 2.24) is 14.7 Å². The average Bonchev–Trinajstić information content (AvgIpc) is 2.63. The lowest BCUT2D eigenvalue weighted by Crippen LogP contribution is -2.68. The second-order valence-electron chi connectivity index (χ2n) is 9.04.